The van der Waals surface area contributed by atoms with Gasteiger partial charge in [0.1, 0.15) is 0 Å². The lowest BCUT2D eigenvalue weighted by molar-refractivity contribution is -0.136. The summed E-state index contributed by atoms with van der Waals surface area (Å²) in [5, 5.41) is 11.0. The van der Waals surface area contributed by atoms with Crippen molar-refractivity contribution in [3.63, 3.8) is 0 Å². The molecule has 3 N–H and O–H groups in total. The van der Waals surface area contributed by atoms with Crippen LogP contribution >= 0.6 is 0 Å². The predicted octanol–water partition coefficient (Wildman–Crippen LogP) is 1.54. The average Bonchev–Trinajstić information content (AvgIpc) is 3.03. The van der Waals surface area contributed by atoms with Crippen LogP contribution in [0.2, 0.25) is 0 Å². The van der Waals surface area contributed by atoms with E-state index < -0.39 is 5.60 Å². The van der Waals surface area contributed by atoms with E-state index in [1.165, 1.54) is 6.42 Å². The lowest BCUT2D eigenvalue weighted by Gasteiger charge is -2.45. The Morgan fingerprint density at radius 2 is 2.12 bits per heavy atom. The quantitative estimate of drug-likeness (QED) is 0.749. The molecule has 16 heavy (non-hydrogen) atoms. The zero-order valence-corrected chi connectivity index (χ0v) is 10.5. The average molecular weight is 227 g/mol. The van der Waals surface area contributed by atoms with Gasteiger partial charge in [0.15, 0.2) is 0 Å². The van der Waals surface area contributed by atoms with Crippen LogP contribution < -0.4 is 5.73 Å². The van der Waals surface area contributed by atoms with E-state index >= 15 is 0 Å². The van der Waals surface area contributed by atoms with Crippen molar-refractivity contribution in [2.45, 2.75) is 44.6 Å². The Morgan fingerprint density at radius 3 is 2.50 bits per heavy atom. The summed E-state index contributed by atoms with van der Waals surface area (Å²) in [4.78, 5) is 0. The molecule has 0 aromatic rings. The topological polar surface area (TPSA) is 55.5 Å². The van der Waals surface area contributed by atoms with Crippen LogP contribution in [0, 0.1) is 17.3 Å². The number of hydrogen-bond donors (Lipinski definition) is 2. The predicted molar refractivity (Wildman–Crippen MR) is 64.1 cm³/mol. The molecule has 0 spiro atoms. The molecule has 0 radical (unpaired) electrons. The number of methoxy groups -OCH3 is 1. The second kappa shape index (κ2) is 4.28. The molecule has 0 aromatic carbocycles. The molecule has 2 saturated carbocycles. The Morgan fingerprint density at radius 1 is 1.44 bits per heavy atom. The van der Waals surface area contributed by atoms with Gasteiger partial charge in [0.2, 0.25) is 0 Å². The van der Waals surface area contributed by atoms with Crippen molar-refractivity contribution in [3.05, 3.63) is 0 Å². The number of hydrogen-bond acceptors (Lipinski definition) is 3. The summed E-state index contributed by atoms with van der Waals surface area (Å²) in [5.41, 5.74) is 5.22. The first-order valence-corrected chi connectivity index (χ1v) is 6.49. The fourth-order valence-electron chi connectivity index (χ4n) is 3.63. The molecule has 0 saturated heterocycles. The van der Waals surface area contributed by atoms with Gasteiger partial charge in [-0.1, -0.05) is 13.3 Å². The third-order valence-electron chi connectivity index (χ3n) is 4.78. The van der Waals surface area contributed by atoms with Crippen molar-refractivity contribution >= 4 is 0 Å². The fraction of sp³-hybridized carbons (Fsp3) is 1.00. The van der Waals surface area contributed by atoms with Gasteiger partial charge in [-0.2, -0.15) is 0 Å². The maximum absolute atomic E-state index is 11.0. The maximum atomic E-state index is 11.0. The highest BCUT2D eigenvalue weighted by molar-refractivity contribution is 5.10. The van der Waals surface area contributed by atoms with Crippen LogP contribution in [0.15, 0.2) is 0 Å². The van der Waals surface area contributed by atoms with E-state index in [9.17, 15) is 5.11 Å². The van der Waals surface area contributed by atoms with Crippen LogP contribution in [0.3, 0.4) is 0 Å². The summed E-state index contributed by atoms with van der Waals surface area (Å²) in [7, 11) is 1.68. The van der Waals surface area contributed by atoms with Crippen molar-refractivity contribution in [2.24, 2.45) is 23.0 Å². The highest BCUT2D eigenvalue weighted by Crippen LogP contribution is 2.56. The summed E-state index contributed by atoms with van der Waals surface area (Å²) in [6.45, 7) is 3.30. The molecule has 2 aliphatic carbocycles. The first-order valence-electron chi connectivity index (χ1n) is 6.49. The van der Waals surface area contributed by atoms with Crippen molar-refractivity contribution < 1.29 is 9.84 Å². The second-order valence-electron chi connectivity index (χ2n) is 5.96. The van der Waals surface area contributed by atoms with E-state index in [0.29, 0.717) is 25.0 Å². The number of rotatable bonds is 5. The van der Waals surface area contributed by atoms with Gasteiger partial charge >= 0.3 is 0 Å². The van der Waals surface area contributed by atoms with Gasteiger partial charge in [0, 0.05) is 19.1 Å². The number of ether oxygens (including phenoxy) is 1. The standard InChI is InChI=1S/C13H25NO2/c1-10-5-6-12(7-10,8-14)13(15,9-16-2)11-3-4-11/h10-11,15H,3-9,14H2,1-2H3. The van der Waals surface area contributed by atoms with Crippen molar-refractivity contribution in [1.29, 1.82) is 0 Å². The lowest BCUT2D eigenvalue weighted by atomic mass is 9.67. The van der Waals surface area contributed by atoms with Gasteiger partial charge < -0.3 is 15.6 Å². The van der Waals surface area contributed by atoms with Crippen molar-refractivity contribution in [3.8, 4) is 0 Å². The molecule has 0 amide bonds. The first-order chi connectivity index (χ1) is 7.58. The zero-order chi connectivity index (χ0) is 11.8. The Bertz CT molecular complexity index is 252. The fourth-order valence-corrected chi connectivity index (χ4v) is 3.63. The van der Waals surface area contributed by atoms with Gasteiger partial charge in [0.25, 0.3) is 0 Å². The molecule has 3 unspecified atom stereocenters. The third-order valence-corrected chi connectivity index (χ3v) is 4.78. The monoisotopic (exact) mass is 227 g/mol. The molecule has 0 aromatic heterocycles. The summed E-state index contributed by atoms with van der Waals surface area (Å²) in [6, 6.07) is 0. The van der Waals surface area contributed by atoms with Crippen LogP contribution in [0.25, 0.3) is 0 Å². The molecule has 0 bridgehead atoms. The highest BCUT2D eigenvalue weighted by Gasteiger charge is 2.59. The van der Waals surface area contributed by atoms with E-state index in [4.69, 9.17) is 10.5 Å². The number of aliphatic hydroxyl groups is 1. The molecule has 94 valence electrons. The molecule has 3 heteroatoms. The zero-order valence-electron chi connectivity index (χ0n) is 10.5. The lowest BCUT2D eigenvalue weighted by Crippen LogP contribution is -2.56. The Balaban J connectivity index is 2.22. The minimum Gasteiger partial charge on any atom is -0.387 e. The molecular formula is C13H25NO2. The van der Waals surface area contributed by atoms with Gasteiger partial charge in [-0.3, -0.25) is 0 Å². The van der Waals surface area contributed by atoms with Crippen LogP contribution in [0.5, 0.6) is 0 Å². The molecule has 3 nitrogen and oxygen atoms in total. The van der Waals surface area contributed by atoms with Gasteiger partial charge in [-0.15, -0.1) is 0 Å². The van der Waals surface area contributed by atoms with Gasteiger partial charge in [0.05, 0.1) is 12.2 Å². The van der Waals surface area contributed by atoms with Crippen LogP contribution in [0.1, 0.15) is 39.0 Å². The largest absolute Gasteiger partial charge is 0.387 e. The summed E-state index contributed by atoms with van der Waals surface area (Å²) in [5.74, 6) is 1.10. The molecule has 0 heterocycles. The molecule has 2 rings (SSSR count). The third kappa shape index (κ3) is 1.79. The smallest absolute Gasteiger partial charge is 0.0975 e. The van der Waals surface area contributed by atoms with Crippen LogP contribution in [-0.4, -0.2) is 31.0 Å². The molecule has 2 fully saturated rings. The van der Waals surface area contributed by atoms with E-state index in [1.807, 2.05) is 0 Å². The minimum atomic E-state index is -0.679. The maximum Gasteiger partial charge on any atom is 0.0975 e. The Kier molecular flexibility index (Phi) is 3.30. The van der Waals surface area contributed by atoms with E-state index in [0.717, 1.165) is 25.7 Å². The molecule has 2 aliphatic rings. The molecule has 3 atom stereocenters. The van der Waals surface area contributed by atoms with Crippen LogP contribution in [-0.2, 0) is 4.74 Å². The van der Waals surface area contributed by atoms with Crippen molar-refractivity contribution in [1.82, 2.24) is 0 Å². The van der Waals surface area contributed by atoms with Crippen LogP contribution in [0.4, 0.5) is 0 Å². The Hall–Kier alpha value is -0.120. The molecular weight excluding hydrogens is 202 g/mol. The van der Waals surface area contributed by atoms with Gasteiger partial charge in [-0.25, -0.2) is 0 Å². The number of nitrogens with two attached hydrogens (primary N) is 1. The van der Waals surface area contributed by atoms with E-state index in [1.54, 1.807) is 7.11 Å². The summed E-state index contributed by atoms with van der Waals surface area (Å²) >= 11 is 0. The van der Waals surface area contributed by atoms with Gasteiger partial charge in [-0.05, 0) is 37.5 Å². The SMILES string of the molecule is COCC(O)(C1CC1)C1(CN)CCC(C)C1. The minimum absolute atomic E-state index is 0.0937. The highest BCUT2D eigenvalue weighted by atomic mass is 16.5. The second-order valence-corrected chi connectivity index (χ2v) is 5.96. The molecule has 0 aliphatic heterocycles. The first kappa shape index (κ1) is 12.3. The Labute approximate surface area is 98.4 Å². The summed E-state index contributed by atoms with van der Waals surface area (Å²) < 4.78 is 5.28. The normalized spacial score (nSPS) is 38.6. The van der Waals surface area contributed by atoms with E-state index in [-0.39, 0.29) is 5.41 Å². The summed E-state index contributed by atoms with van der Waals surface area (Å²) in [6.07, 6.45) is 5.57. The van der Waals surface area contributed by atoms with E-state index in [2.05, 4.69) is 6.92 Å². The van der Waals surface area contributed by atoms with Crippen molar-refractivity contribution in [2.75, 3.05) is 20.3 Å².